The molecule has 0 unspecified atom stereocenters. The number of benzene rings is 3. The summed E-state index contributed by atoms with van der Waals surface area (Å²) in [6.45, 7) is 5.63. The zero-order chi connectivity index (χ0) is 36.9. The number of ether oxygens (including phenoxy) is 3. The fourth-order valence-corrected chi connectivity index (χ4v) is 5.16. The Hall–Kier alpha value is -4.01. The van der Waals surface area contributed by atoms with Crippen LogP contribution in [-0.2, 0) is 35.7 Å². The first-order valence-corrected chi connectivity index (χ1v) is 15.4. The van der Waals surface area contributed by atoms with E-state index in [1.807, 2.05) is 39.0 Å². The number of halogens is 6. The van der Waals surface area contributed by atoms with Crippen LogP contribution in [0.25, 0.3) is 11.1 Å². The molecule has 0 saturated carbocycles. The summed E-state index contributed by atoms with van der Waals surface area (Å²) in [4.78, 5) is 20.8. The van der Waals surface area contributed by atoms with Crippen molar-refractivity contribution in [2.24, 2.45) is 0 Å². The molecule has 0 radical (unpaired) electrons. The molecule has 4 rings (SSSR count). The van der Waals surface area contributed by atoms with E-state index < -0.39 is 36.0 Å². The summed E-state index contributed by atoms with van der Waals surface area (Å²) >= 11 is 0. The van der Waals surface area contributed by atoms with Crippen LogP contribution in [0, 0.1) is 0 Å². The molecule has 0 N–H and O–H groups in total. The van der Waals surface area contributed by atoms with Crippen LogP contribution in [0.5, 0.6) is 17.2 Å². The third-order valence-electron chi connectivity index (χ3n) is 7.74. The van der Waals surface area contributed by atoms with E-state index in [9.17, 15) is 36.2 Å². The Bertz CT molecular complexity index is 1760. The second-order valence-corrected chi connectivity index (χ2v) is 12.5. The average Bonchev–Trinajstić information content (AvgIpc) is 3.05. The molecular weight excluding hydrogens is 691 g/mol. The maximum absolute atomic E-state index is 13.8. The van der Waals surface area contributed by atoms with E-state index in [1.54, 1.807) is 18.2 Å². The van der Waals surface area contributed by atoms with E-state index in [2.05, 4.69) is 9.97 Å². The van der Waals surface area contributed by atoms with Crippen LogP contribution in [0.15, 0.2) is 67.0 Å². The van der Waals surface area contributed by atoms with Crippen molar-refractivity contribution in [1.29, 1.82) is 0 Å². The molecule has 0 amide bonds. The molecule has 4 aromatic rings. The second kappa shape index (κ2) is 17.0. The van der Waals surface area contributed by atoms with E-state index in [4.69, 9.17) is 14.2 Å². The number of hydrogen-bond acceptors (Lipinski definition) is 8. The zero-order valence-corrected chi connectivity index (χ0v) is 31.0. The number of alkyl halides is 6. The summed E-state index contributed by atoms with van der Waals surface area (Å²) in [6, 6.07) is 12.4. The van der Waals surface area contributed by atoms with Crippen molar-refractivity contribution in [1.82, 2.24) is 9.97 Å². The van der Waals surface area contributed by atoms with Crippen molar-refractivity contribution in [2.45, 2.75) is 64.5 Å². The molecule has 0 fully saturated rings. The number of hydrogen-bond donors (Lipinski definition) is 0. The molecule has 268 valence electrons. The van der Waals surface area contributed by atoms with Gasteiger partial charge in [0.2, 0.25) is 5.95 Å². The van der Waals surface area contributed by atoms with E-state index in [-0.39, 0.29) is 84.3 Å². The van der Waals surface area contributed by atoms with Crippen LogP contribution in [0.3, 0.4) is 0 Å². The van der Waals surface area contributed by atoms with Gasteiger partial charge < -0.3 is 29.0 Å². The minimum absolute atomic E-state index is 0. The third-order valence-corrected chi connectivity index (χ3v) is 7.74. The van der Waals surface area contributed by atoms with Gasteiger partial charge in [0.1, 0.15) is 11.5 Å². The van der Waals surface area contributed by atoms with Gasteiger partial charge in [0.15, 0.2) is 5.75 Å². The van der Waals surface area contributed by atoms with Crippen molar-refractivity contribution in [3.05, 3.63) is 94.8 Å². The summed E-state index contributed by atoms with van der Waals surface area (Å²) in [6.07, 6.45) is -7.58. The van der Waals surface area contributed by atoms with E-state index >= 15 is 0 Å². The smallest absolute Gasteiger partial charge is 0.550 e. The largest absolute Gasteiger partial charge is 1.00 e. The van der Waals surface area contributed by atoms with Gasteiger partial charge in [0.05, 0.1) is 44.3 Å². The van der Waals surface area contributed by atoms with Crippen LogP contribution in [0.2, 0.25) is 0 Å². The van der Waals surface area contributed by atoms with Gasteiger partial charge in [-0.1, -0.05) is 32.9 Å². The number of aliphatic carboxylic acids is 1. The predicted octanol–water partition coefficient (Wildman–Crippen LogP) is 4.62. The number of carbonyl (C=O) groups excluding carboxylic acids is 1. The standard InChI is InChI=1S/C36H37F6N3O5.Na/c1-34(2,3)24-8-11-31(49-5)30(17-24)29-10-9-27(48-4)15-23(29)21-45(33-43-18-28(19-44-33)50-12-6-7-32(46)47)20-22-13-25(35(37,38)39)16-26(14-22)36(40,41)42;/h8-11,13-19H,6-7,12,20-21H2,1-5H3,(H,46,47);/q;+1/p-1. The van der Waals surface area contributed by atoms with Crippen LogP contribution >= 0.6 is 0 Å². The number of aromatic nitrogens is 2. The van der Waals surface area contributed by atoms with Crippen LogP contribution < -0.4 is 53.8 Å². The molecular formula is C36H36F6N3NaO5. The van der Waals surface area contributed by atoms with E-state index in [0.717, 1.165) is 5.56 Å². The number of rotatable bonds is 13. The van der Waals surface area contributed by atoms with Gasteiger partial charge in [-0.15, -0.1) is 0 Å². The molecule has 0 saturated heterocycles. The number of anilines is 1. The number of nitrogens with zero attached hydrogens (tertiary/aromatic N) is 3. The molecule has 0 aliphatic carbocycles. The first kappa shape index (κ1) is 41.4. The molecule has 0 spiro atoms. The maximum atomic E-state index is 13.8. The van der Waals surface area contributed by atoms with Crippen molar-refractivity contribution in [3.63, 3.8) is 0 Å². The van der Waals surface area contributed by atoms with Gasteiger partial charge in [-0.2, -0.15) is 26.3 Å². The van der Waals surface area contributed by atoms with Crippen molar-refractivity contribution in [3.8, 4) is 28.4 Å². The minimum Gasteiger partial charge on any atom is -0.550 e. The summed E-state index contributed by atoms with van der Waals surface area (Å²) in [5, 5.41) is 10.7. The van der Waals surface area contributed by atoms with Crippen LogP contribution in [-0.4, -0.2) is 36.8 Å². The van der Waals surface area contributed by atoms with E-state index in [1.165, 1.54) is 31.5 Å². The zero-order valence-electron chi connectivity index (χ0n) is 29.0. The van der Waals surface area contributed by atoms with Crippen molar-refractivity contribution < 1.29 is 80.0 Å². The van der Waals surface area contributed by atoms with Crippen LogP contribution in [0.1, 0.15) is 61.4 Å². The van der Waals surface area contributed by atoms with Gasteiger partial charge in [-0.25, -0.2) is 9.97 Å². The number of carbonyl (C=O) groups is 1. The normalized spacial score (nSPS) is 11.8. The van der Waals surface area contributed by atoms with Gasteiger partial charge in [-0.05, 0) is 83.0 Å². The van der Waals surface area contributed by atoms with Gasteiger partial charge >= 0.3 is 41.9 Å². The number of methoxy groups -OCH3 is 2. The first-order chi connectivity index (χ1) is 23.4. The van der Waals surface area contributed by atoms with Crippen molar-refractivity contribution in [2.75, 3.05) is 25.7 Å². The Morgan fingerprint density at radius 3 is 1.92 bits per heavy atom. The summed E-state index contributed by atoms with van der Waals surface area (Å²) < 4.78 is 99.4. The second-order valence-electron chi connectivity index (χ2n) is 12.5. The molecule has 15 heteroatoms. The Labute approximate surface area is 314 Å². The molecule has 0 atom stereocenters. The fourth-order valence-electron chi connectivity index (χ4n) is 5.16. The first-order valence-electron chi connectivity index (χ1n) is 15.4. The Morgan fingerprint density at radius 2 is 1.39 bits per heavy atom. The third kappa shape index (κ3) is 11.2. The Kier molecular flexibility index (Phi) is 13.8. The van der Waals surface area contributed by atoms with Gasteiger partial charge in [-0.3, -0.25) is 0 Å². The minimum atomic E-state index is -5.04. The monoisotopic (exact) mass is 727 g/mol. The summed E-state index contributed by atoms with van der Waals surface area (Å²) in [7, 11) is 2.99. The SMILES string of the molecule is COc1ccc(-c2cc(C(C)(C)C)ccc2OC)c(CN(Cc2cc(C(F)(F)F)cc(C(F)(F)F)c2)c2ncc(OCCCC(=O)[O-])cn2)c1.[Na+]. The Balaban J connectivity index is 0.00000702. The molecule has 1 heterocycles. The fraction of sp³-hybridized carbons (Fsp3) is 0.361. The quantitative estimate of drug-likeness (QED) is 0.112. The predicted molar refractivity (Wildman–Crippen MR) is 172 cm³/mol. The van der Waals surface area contributed by atoms with E-state index in [0.29, 0.717) is 40.3 Å². The maximum Gasteiger partial charge on any atom is 1.00 e. The topological polar surface area (TPSA) is 96.8 Å². The molecule has 8 nitrogen and oxygen atoms in total. The Morgan fingerprint density at radius 1 is 0.765 bits per heavy atom. The molecule has 1 aromatic heterocycles. The number of carboxylic acids is 1. The number of carboxylic acid groups (broad SMARTS) is 1. The molecule has 3 aromatic carbocycles. The van der Waals surface area contributed by atoms with Crippen molar-refractivity contribution >= 4 is 11.9 Å². The average molecular weight is 728 g/mol. The van der Waals surface area contributed by atoms with Crippen LogP contribution in [0.4, 0.5) is 32.3 Å². The van der Waals surface area contributed by atoms with Gasteiger partial charge in [0, 0.05) is 24.6 Å². The van der Waals surface area contributed by atoms with Gasteiger partial charge in [0.25, 0.3) is 0 Å². The molecule has 0 aliphatic rings. The molecule has 51 heavy (non-hydrogen) atoms. The summed E-state index contributed by atoms with van der Waals surface area (Å²) in [5.41, 5.74) is -0.457. The summed E-state index contributed by atoms with van der Waals surface area (Å²) in [5.74, 6) is -0.0910. The molecule has 0 aliphatic heterocycles. The molecule has 0 bridgehead atoms.